The van der Waals surface area contributed by atoms with E-state index in [0.717, 1.165) is 5.56 Å². The van der Waals surface area contributed by atoms with Crippen molar-refractivity contribution in [3.8, 4) is 5.75 Å². The molecule has 7 heteroatoms. The van der Waals surface area contributed by atoms with Gasteiger partial charge in [-0.25, -0.2) is 8.42 Å². The predicted molar refractivity (Wildman–Crippen MR) is 103 cm³/mol. The third-order valence-electron chi connectivity index (χ3n) is 4.17. The smallest absolute Gasteiger partial charge is 0.238 e. The Balaban J connectivity index is 2.13. The molecule has 26 heavy (non-hydrogen) atoms. The second-order valence-corrected chi connectivity index (χ2v) is 8.80. The van der Waals surface area contributed by atoms with E-state index in [1.54, 1.807) is 12.1 Å². The number of amides is 1. The minimum atomic E-state index is -3.74. The Bertz CT molecular complexity index is 868. The second-order valence-electron chi connectivity index (χ2n) is 6.05. The average molecular weight is 396 g/mol. The van der Waals surface area contributed by atoms with Gasteiger partial charge in [0, 0.05) is 10.6 Å². The summed E-state index contributed by atoms with van der Waals surface area (Å²) in [5.74, 6) is -0.448. The molecule has 1 amide bonds. The van der Waals surface area contributed by atoms with Gasteiger partial charge >= 0.3 is 0 Å². The molecule has 0 saturated carbocycles. The molecule has 0 heterocycles. The number of halogens is 1. The highest BCUT2D eigenvalue weighted by molar-refractivity contribution is 7.92. The maximum atomic E-state index is 12.7. The van der Waals surface area contributed by atoms with Crippen molar-refractivity contribution in [3.63, 3.8) is 0 Å². The zero-order chi connectivity index (χ0) is 19.3. The van der Waals surface area contributed by atoms with Crippen LogP contribution in [0.1, 0.15) is 31.0 Å². The van der Waals surface area contributed by atoms with Gasteiger partial charge in [0.1, 0.15) is 11.0 Å². The molecule has 2 aromatic rings. The van der Waals surface area contributed by atoms with E-state index < -0.39 is 21.0 Å². The lowest BCUT2D eigenvalue weighted by atomic mass is 10.1. The summed E-state index contributed by atoms with van der Waals surface area (Å²) in [6.07, 6.45) is 0. The molecule has 1 N–H and O–H groups in total. The van der Waals surface area contributed by atoms with Gasteiger partial charge in [-0.3, -0.25) is 4.79 Å². The molecule has 2 rings (SSSR count). The fourth-order valence-electron chi connectivity index (χ4n) is 2.52. The second kappa shape index (κ2) is 8.56. The van der Waals surface area contributed by atoms with Crippen molar-refractivity contribution in [1.82, 2.24) is 5.32 Å². The molecule has 2 atom stereocenters. The van der Waals surface area contributed by atoms with E-state index in [4.69, 9.17) is 16.3 Å². The SMILES string of the molecule is COc1ccc(Cl)cc1CS(=O)(=O)C(C)C(=O)NC(C)c1ccccc1. The van der Waals surface area contributed by atoms with Crippen LogP contribution in [0.3, 0.4) is 0 Å². The van der Waals surface area contributed by atoms with Crippen molar-refractivity contribution in [2.75, 3.05) is 7.11 Å². The molecular weight excluding hydrogens is 374 g/mol. The first kappa shape index (κ1) is 20.3. The lowest BCUT2D eigenvalue weighted by molar-refractivity contribution is -0.121. The molecule has 2 aromatic carbocycles. The molecule has 0 aliphatic carbocycles. The summed E-state index contributed by atoms with van der Waals surface area (Å²) in [7, 11) is -2.29. The van der Waals surface area contributed by atoms with Gasteiger partial charge in [0.15, 0.2) is 9.84 Å². The first-order valence-electron chi connectivity index (χ1n) is 8.14. The third kappa shape index (κ3) is 4.99. The van der Waals surface area contributed by atoms with Gasteiger partial charge in [-0.15, -0.1) is 0 Å². The van der Waals surface area contributed by atoms with E-state index in [0.29, 0.717) is 16.3 Å². The topological polar surface area (TPSA) is 72.5 Å². The number of rotatable bonds is 7. The quantitative estimate of drug-likeness (QED) is 0.778. The summed E-state index contributed by atoms with van der Waals surface area (Å²) >= 11 is 5.95. The van der Waals surface area contributed by atoms with Crippen LogP contribution in [-0.4, -0.2) is 26.7 Å². The maximum Gasteiger partial charge on any atom is 0.238 e. The molecule has 0 radical (unpaired) electrons. The Kier molecular flexibility index (Phi) is 6.67. The number of nitrogens with one attached hydrogen (secondary N) is 1. The van der Waals surface area contributed by atoms with Crippen molar-refractivity contribution < 1.29 is 17.9 Å². The molecule has 0 aromatic heterocycles. The zero-order valence-corrected chi connectivity index (χ0v) is 16.5. The van der Waals surface area contributed by atoms with E-state index in [2.05, 4.69) is 5.32 Å². The largest absolute Gasteiger partial charge is 0.496 e. The summed E-state index contributed by atoms with van der Waals surface area (Å²) < 4.78 is 30.5. The van der Waals surface area contributed by atoms with E-state index in [1.807, 2.05) is 37.3 Å². The van der Waals surface area contributed by atoms with Crippen LogP contribution in [-0.2, 0) is 20.4 Å². The van der Waals surface area contributed by atoms with Gasteiger partial charge < -0.3 is 10.1 Å². The van der Waals surface area contributed by atoms with Crippen LogP contribution in [0.25, 0.3) is 0 Å². The Morgan fingerprint density at radius 2 is 1.81 bits per heavy atom. The van der Waals surface area contributed by atoms with Crippen LogP contribution in [0.4, 0.5) is 0 Å². The first-order valence-corrected chi connectivity index (χ1v) is 10.2. The van der Waals surface area contributed by atoms with Crippen molar-refractivity contribution >= 4 is 27.3 Å². The Hall–Kier alpha value is -2.05. The molecule has 0 bridgehead atoms. The van der Waals surface area contributed by atoms with Crippen molar-refractivity contribution in [2.24, 2.45) is 0 Å². The van der Waals surface area contributed by atoms with Crippen molar-refractivity contribution in [2.45, 2.75) is 30.9 Å². The normalized spacial score (nSPS) is 13.7. The van der Waals surface area contributed by atoms with E-state index in [9.17, 15) is 13.2 Å². The van der Waals surface area contributed by atoms with Crippen molar-refractivity contribution in [3.05, 3.63) is 64.7 Å². The summed E-state index contributed by atoms with van der Waals surface area (Å²) in [5.41, 5.74) is 1.33. The molecule has 0 fully saturated rings. The lowest BCUT2D eigenvalue weighted by Crippen LogP contribution is -2.39. The molecule has 2 unspecified atom stereocenters. The Morgan fingerprint density at radius 3 is 2.42 bits per heavy atom. The highest BCUT2D eigenvalue weighted by Gasteiger charge is 2.30. The third-order valence-corrected chi connectivity index (χ3v) is 6.41. The fourth-order valence-corrected chi connectivity index (χ4v) is 4.02. The number of hydrogen-bond acceptors (Lipinski definition) is 4. The van der Waals surface area contributed by atoms with E-state index in [1.165, 1.54) is 20.1 Å². The highest BCUT2D eigenvalue weighted by atomic mass is 35.5. The number of carbonyl (C=O) groups excluding carboxylic acids is 1. The molecule has 0 saturated heterocycles. The van der Waals surface area contributed by atoms with Crippen LogP contribution in [0.15, 0.2) is 48.5 Å². The number of ether oxygens (including phenoxy) is 1. The van der Waals surface area contributed by atoms with Crippen LogP contribution in [0, 0.1) is 0 Å². The standard InChI is InChI=1S/C19H22ClNO4S/c1-13(15-7-5-4-6-8-15)21-19(22)14(2)26(23,24)12-16-11-17(20)9-10-18(16)25-3/h4-11,13-14H,12H2,1-3H3,(H,21,22). The summed E-state index contributed by atoms with van der Waals surface area (Å²) in [6, 6.07) is 13.8. The van der Waals surface area contributed by atoms with E-state index >= 15 is 0 Å². The average Bonchev–Trinajstić information content (AvgIpc) is 2.61. The monoisotopic (exact) mass is 395 g/mol. The van der Waals surface area contributed by atoms with Gasteiger partial charge in [-0.05, 0) is 37.6 Å². The Labute approximate surface area is 159 Å². The molecule has 0 spiro atoms. The van der Waals surface area contributed by atoms with Crippen LogP contribution >= 0.6 is 11.6 Å². The first-order chi connectivity index (χ1) is 12.2. The van der Waals surface area contributed by atoms with Crippen LogP contribution in [0.5, 0.6) is 5.75 Å². The van der Waals surface area contributed by atoms with Crippen LogP contribution in [0.2, 0.25) is 5.02 Å². The van der Waals surface area contributed by atoms with Gasteiger partial charge in [0.2, 0.25) is 5.91 Å². The Morgan fingerprint density at radius 1 is 1.15 bits per heavy atom. The number of sulfone groups is 1. The fraction of sp³-hybridized carbons (Fsp3) is 0.316. The molecular formula is C19H22ClNO4S. The number of benzene rings is 2. The van der Waals surface area contributed by atoms with Gasteiger partial charge in [0.25, 0.3) is 0 Å². The minimum Gasteiger partial charge on any atom is -0.496 e. The predicted octanol–water partition coefficient (Wildman–Crippen LogP) is 3.53. The van der Waals surface area contributed by atoms with Gasteiger partial charge in [-0.1, -0.05) is 41.9 Å². The molecule has 140 valence electrons. The van der Waals surface area contributed by atoms with Gasteiger partial charge in [0.05, 0.1) is 18.9 Å². The van der Waals surface area contributed by atoms with E-state index in [-0.39, 0.29) is 11.8 Å². The summed E-state index contributed by atoms with van der Waals surface area (Å²) in [6.45, 7) is 3.20. The van der Waals surface area contributed by atoms with Gasteiger partial charge in [-0.2, -0.15) is 0 Å². The molecule has 0 aliphatic heterocycles. The lowest BCUT2D eigenvalue weighted by Gasteiger charge is -2.19. The molecule has 5 nitrogen and oxygen atoms in total. The number of methoxy groups -OCH3 is 1. The summed E-state index contributed by atoms with van der Waals surface area (Å²) in [4.78, 5) is 12.4. The molecule has 0 aliphatic rings. The number of hydrogen-bond donors (Lipinski definition) is 1. The van der Waals surface area contributed by atoms with Crippen LogP contribution < -0.4 is 10.1 Å². The minimum absolute atomic E-state index is 0.290. The van der Waals surface area contributed by atoms with Crippen molar-refractivity contribution in [1.29, 1.82) is 0 Å². The zero-order valence-electron chi connectivity index (χ0n) is 14.9. The number of carbonyl (C=O) groups is 1. The maximum absolute atomic E-state index is 12.7. The summed E-state index contributed by atoms with van der Waals surface area (Å²) in [5, 5.41) is 1.96. The highest BCUT2D eigenvalue weighted by Crippen LogP contribution is 2.26.